The van der Waals surface area contributed by atoms with Crippen LogP contribution < -0.4 is 10.1 Å². The maximum Gasteiger partial charge on any atom is 0.339 e. The average Bonchev–Trinajstić information content (AvgIpc) is 3.52. The first kappa shape index (κ1) is 22.7. The number of ether oxygens (including phenoxy) is 2. The van der Waals surface area contributed by atoms with Crippen LogP contribution in [0, 0.1) is 0 Å². The van der Waals surface area contributed by atoms with Crippen LogP contribution in [0.4, 0.5) is 5.69 Å². The topological polar surface area (TPSA) is 90.7 Å². The van der Waals surface area contributed by atoms with Gasteiger partial charge in [0.25, 0.3) is 5.91 Å². The molecule has 2 aromatic heterocycles. The van der Waals surface area contributed by atoms with Gasteiger partial charge in [-0.05, 0) is 66.5 Å². The summed E-state index contributed by atoms with van der Waals surface area (Å²) in [4.78, 5) is 30.6. The quantitative estimate of drug-likeness (QED) is 0.346. The van der Waals surface area contributed by atoms with E-state index < -0.39 is 18.5 Å². The fraction of sp³-hybridized carbons (Fsp3) is 0.148. The summed E-state index contributed by atoms with van der Waals surface area (Å²) in [6.45, 7) is -0.463. The summed E-state index contributed by atoms with van der Waals surface area (Å²) in [6.07, 6.45) is 4.90. The molecule has 7 nitrogen and oxygen atoms in total. The van der Waals surface area contributed by atoms with Crippen molar-refractivity contribution in [2.24, 2.45) is 0 Å². The second kappa shape index (κ2) is 9.64. The second-order valence-electron chi connectivity index (χ2n) is 7.99. The lowest BCUT2D eigenvalue weighted by Crippen LogP contribution is -2.22. The molecule has 1 amide bonds. The molecule has 0 saturated carbocycles. The number of para-hydroxylation sites is 1. The fourth-order valence-corrected chi connectivity index (χ4v) is 4.40. The molecule has 4 aromatic rings. The summed E-state index contributed by atoms with van der Waals surface area (Å²) < 4.78 is 16.1. The molecular formula is C27H21ClN2O5. The number of fused-ring (bicyclic) bond motifs is 2. The number of halogens is 1. The smallest absolute Gasteiger partial charge is 0.339 e. The Balaban J connectivity index is 1.41. The van der Waals surface area contributed by atoms with Gasteiger partial charge < -0.3 is 19.2 Å². The van der Waals surface area contributed by atoms with E-state index >= 15 is 0 Å². The summed E-state index contributed by atoms with van der Waals surface area (Å²) in [5.74, 6) is 0.0857. The summed E-state index contributed by atoms with van der Waals surface area (Å²) in [7, 11) is 1.49. The summed E-state index contributed by atoms with van der Waals surface area (Å²) >= 11 is 6.02. The predicted octanol–water partition coefficient (Wildman–Crippen LogP) is 5.77. The third kappa shape index (κ3) is 4.63. The highest BCUT2D eigenvalue weighted by atomic mass is 35.5. The number of aromatic nitrogens is 1. The molecule has 2 heterocycles. The molecule has 0 spiro atoms. The first-order chi connectivity index (χ1) is 17.0. The van der Waals surface area contributed by atoms with Crippen LogP contribution in [0.2, 0.25) is 5.02 Å². The molecule has 176 valence electrons. The predicted molar refractivity (Wildman–Crippen MR) is 134 cm³/mol. The lowest BCUT2D eigenvalue weighted by molar-refractivity contribution is -0.119. The largest absolute Gasteiger partial charge is 0.495 e. The number of hydrogen-bond acceptors (Lipinski definition) is 6. The number of benzene rings is 2. The van der Waals surface area contributed by atoms with E-state index in [4.69, 9.17) is 30.5 Å². The van der Waals surface area contributed by atoms with Gasteiger partial charge in [-0.2, -0.15) is 0 Å². The zero-order chi connectivity index (χ0) is 24.4. The van der Waals surface area contributed by atoms with E-state index in [2.05, 4.69) is 5.32 Å². The van der Waals surface area contributed by atoms with Gasteiger partial charge in [0.15, 0.2) is 6.61 Å². The Morgan fingerprint density at radius 3 is 2.80 bits per heavy atom. The number of carbonyl (C=O) groups is 2. The van der Waals surface area contributed by atoms with Crippen LogP contribution in [0.15, 0.2) is 65.3 Å². The zero-order valence-electron chi connectivity index (χ0n) is 18.8. The SMILES string of the molecule is COc1ccc(Cl)cc1NC(=O)COC(=O)c1c2c(nc3ccccc13)/C(=C\c1ccco1)CC2. The molecule has 0 saturated heterocycles. The first-order valence-electron chi connectivity index (χ1n) is 11.0. The number of allylic oxidation sites excluding steroid dienone is 1. The molecule has 1 aliphatic carbocycles. The van der Waals surface area contributed by atoms with Crippen LogP contribution in [0.3, 0.4) is 0 Å². The highest BCUT2D eigenvalue weighted by molar-refractivity contribution is 6.31. The fourth-order valence-electron chi connectivity index (χ4n) is 4.22. The number of pyridine rings is 1. The Morgan fingerprint density at radius 2 is 2.00 bits per heavy atom. The van der Waals surface area contributed by atoms with Gasteiger partial charge >= 0.3 is 5.97 Å². The minimum atomic E-state index is -0.577. The van der Waals surface area contributed by atoms with Gasteiger partial charge in [0, 0.05) is 10.4 Å². The van der Waals surface area contributed by atoms with Gasteiger partial charge in [0.1, 0.15) is 11.5 Å². The number of carbonyl (C=O) groups excluding carboxylic acids is 2. The maximum absolute atomic E-state index is 13.3. The van der Waals surface area contributed by atoms with Crippen molar-refractivity contribution in [2.45, 2.75) is 12.8 Å². The molecule has 8 heteroatoms. The van der Waals surface area contributed by atoms with Gasteiger partial charge in [-0.25, -0.2) is 9.78 Å². The summed E-state index contributed by atoms with van der Waals surface area (Å²) in [5, 5.41) is 3.80. The molecule has 0 atom stereocenters. The Labute approximate surface area is 206 Å². The van der Waals surface area contributed by atoms with E-state index in [0.29, 0.717) is 45.8 Å². The van der Waals surface area contributed by atoms with E-state index in [1.165, 1.54) is 7.11 Å². The number of nitrogens with one attached hydrogen (secondary N) is 1. The second-order valence-corrected chi connectivity index (χ2v) is 8.42. The minimum Gasteiger partial charge on any atom is -0.495 e. The van der Waals surface area contributed by atoms with Gasteiger partial charge in [-0.15, -0.1) is 0 Å². The number of methoxy groups -OCH3 is 1. The van der Waals surface area contributed by atoms with Gasteiger partial charge in [0.2, 0.25) is 0 Å². The molecule has 0 radical (unpaired) electrons. The lowest BCUT2D eigenvalue weighted by Gasteiger charge is -2.13. The monoisotopic (exact) mass is 488 g/mol. The molecule has 0 aliphatic heterocycles. The Kier molecular flexibility index (Phi) is 6.25. The Hall–Kier alpha value is -4.10. The van der Waals surface area contributed by atoms with Crippen LogP contribution in [0.1, 0.15) is 33.8 Å². The number of esters is 1. The number of furan rings is 1. The number of hydrogen-bond donors (Lipinski definition) is 1. The van der Waals surface area contributed by atoms with Crippen LogP contribution >= 0.6 is 11.6 Å². The third-order valence-corrected chi connectivity index (χ3v) is 6.01. The van der Waals surface area contributed by atoms with Crippen molar-refractivity contribution in [3.63, 3.8) is 0 Å². The standard InChI is InChI=1S/C27H21ClN2O5/c1-33-23-11-9-17(28)14-22(23)29-24(31)15-35-27(32)25-19-6-2-3-7-21(19)30-26-16(8-10-20(25)26)13-18-5-4-12-34-18/h2-7,9,11-14H,8,10,15H2,1H3,(H,29,31)/b16-13-. The third-order valence-electron chi connectivity index (χ3n) is 5.78. The molecule has 2 aromatic carbocycles. The maximum atomic E-state index is 13.3. The van der Waals surface area contributed by atoms with Crippen LogP contribution in [-0.4, -0.2) is 30.6 Å². The van der Waals surface area contributed by atoms with Gasteiger partial charge in [-0.3, -0.25) is 4.79 Å². The van der Waals surface area contributed by atoms with Crippen molar-refractivity contribution in [3.05, 3.63) is 88.5 Å². The number of nitrogens with zero attached hydrogens (tertiary/aromatic N) is 1. The number of amides is 1. The van der Waals surface area contributed by atoms with E-state index in [1.807, 2.05) is 42.5 Å². The molecule has 35 heavy (non-hydrogen) atoms. The van der Waals surface area contributed by atoms with E-state index in [0.717, 1.165) is 22.6 Å². The first-order valence-corrected chi connectivity index (χ1v) is 11.4. The molecule has 0 fully saturated rings. The van der Waals surface area contributed by atoms with Crippen LogP contribution in [0.25, 0.3) is 22.6 Å². The van der Waals surface area contributed by atoms with E-state index in [-0.39, 0.29) is 0 Å². The summed E-state index contributed by atoms with van der Waals surface area (Å²) in [5.41, 5.74) is 4.05. The Morgan fingerprint density at radius 1 is 1.14 bits per heavy atom. The normalized spacial score (nSPS) is 13.6. The molecule has 1 aliphatic rings. The summed E-state index contributed by atoms with van der Waals surface area (Å²) in [6, 6.07) is 16.0. The molecule has 0 bridgehead atoms. The van der Waals surface area contributed by atoms with Crippen LogP contribution in [0.5, 0.6) is 5.75 Å². The highest BCUT2D eigenvalue weighted by Gasteiger charge is 2.28. The number of anilines is 1. The van der Waals surface area contributed by atoms with Gasteiger partial charge in [0.05, 0.1) is 35.8 Å². The lowest BCUT2D eigenvalue weighted by atomic mass is 10.0. The highest BCUT2D eigenvalue weighted by Crippen LogP contribution is 2.38. The van der Waals surface area contributed by atoms with Crippen molar-refractivity contribution < 1.29 is 23.5 Å². The molecule has 0 unspecified atom stereocenters. The van der Waals surface area contributed by atoms with Crippen molar-refractivity contribution >= 4 is 51.7 Å². The van der Waals surface area contributed by atoms with Crippen molar-refractivity contribution in [1.82, 2.24) is 4.98 Å². The molecule has 1 N–H and O–H groups in total. The van der Waals surface area contributed by atoms with Crippen molar-refractivity contribution in [3.8, 4) is 5.75 Å². The zero-order valence-corrected chi connectivity index (χ0v) is 19.6. The average molecular weight is 489 g/mol. The van der Waals surface area contributed by atoms with Gasteiger partial charge in [-0.1, -0.05) is 29.8 Å². The minimum absolute atomic E-state index is 0.393. The van der Waals surface area contributed by atoms with Crippen molar-refractivity contribution in [1.29, 1.82) is 0 Å². The Bertz CT molecular complexity index is 1460. The van der Waals surface area contributed by atoms with Crippen LogP contribution in [-0.2, 0) is 16.0 Å². The van der Waals surface area contributed by atoms with E-state index in [1.54, 1.807) is 24.5 Å². The van der Waals surface area contributed by atoms with Crippen molar-refractivity contribution in [2.75, 3.05) is 19.0 Å². The van der Waals surface area contributed by atoms with E-state index in [9.17, 15) is 9.59 Å². The molecule has 5 rings (SSSR count). The molecular weight excluding hydrogens is 468 g/mol. The number of rotatable bonds is 6.